The van der Waals surface area contributed by atoms with E-state index in [1.54, 1.807) is 24.3 Å². The molecule has 2 aromatic rings. The fourth-order valence-corrected chi connectivity index (χ4v) is 2.05. The van der Waals surface area contributed by atoms with Crippen LogP contribution in [0.25, 0.3) is 0 Å². The van der Waals surface area contributed by atoms with E-state index < -0.39 is 4.92 Å². The summed E-state index contributed by atoms with van der Waals surface area (Å²) >= 11 is 6.05. The lowest BCUT2D eigenvalue weighted by Crippen LogP contribution is -2.03. The van der Waals surface area contributed by atoms with Gasteiger partial charge in [0.15, 0.2) is 0 Å². The lowest BCUT2D eigenvalue weighted by molar-refractivity contribution is -0.384. The minimum absolute atomic E-state index is 0.112. The van der Waals surface area contributed by atoms with Crippen molar-refractivity contribution in [2.75, 3.05) is 5.73 Å². The van der Waals surface area contributed by atoms with Gasteiger partial charge < -0.3 is 10.5 Å². The molecule has 0 spiro atoms. The van der Waals surface area contributed by atoms with Gasteiger partial charge in [-0.05, 0) is 24.6 Å². The van der Waals surface area contributed by atoms with Gasteiger partial charge in [0.25, 0.3) is 5.69 Å². The molecule has 2 rings (SSSR count). The molecule has 0 aliphatic carbocycles. The first-order valence-corrected chi connectivity index (χ1v) is 6.27. The second-order valence-corrected chi connectivity index (χ2v) is 4.74. The van der Waals surface area contributed by atoms with E-state index in [1.807, 2.05) is 13.0 Å². The van der Waals surface area contributed by atoms with Crippen LogP contribution in [0.2, 0.25) is 5.02 Å². The molecule has 20 heavy (non-hydrogen) atoms. The molecule has 0 saturated carbocycles. The molecule has 0 aromatic heterocycles. The number of rotatable bonds is 4. The molecule has 0 atom stereocenters. The number of hydrogen-bond donors (Lipinski definition) is 1. The monoisotopic (exact) mass is 292 g/mol. The molecule has 5 nitrogen and oxygen atoms in total. The molecule has 0 amide bonds. The summed E-state index contributed by atoms with van der Waals surface area (Å²) in [5.41, 5.74) is 7.32. The zero-order valence-corrected chi connectivity index (χ0v) is 11.6. The van der Waals surface area contributed by atoms with Gasteiger partial charge in [0.1, 0.15) is 18.0 Å². The Kier molecular flexibility index (Phi) is 4.10. The Morgan fingerprint density at radius 2 is 2.10 bits per heavy atom. The quantitative estimate of drug-likeness (QED) is 0.529. The molecule has 104 valence electrons. The van der Waals surface area contributed by atoms with Gasteiger partial charge in [-0.3, -0.25) is 10.1 Å². The highest BCUT2D eigenvalue weighted by Gasteiger charge is 2.14. The van der Waals surface area contributed by atoms with E-state index in [0.717, 1.165) is 5.56 Å². The third kappa shape index (κ3) is 3.00. The van der Waals surface area contributed by atoms with E-state index in [1.165, 1.54) is 6.07 Å². The molecule has 0 bridgehead atoms. The third-order valence-corrected chi connectivity index (χ3v) is 3.14. The fraction of sp³-hybridized carbons (Fsp3) is 0.143. The van der Waals surface area contributed by atoms with E-state index in [4.69, 9.17) is 22.1 Å². The number of nitrogens with two attached hydrogens (primary N) is 1. The lowest BCUT2D eigenvalue weighted by Gasteiger charge is -2.10. The van der Waals surface area contributed by atoms with E-state index in [2.05, 4.69) is 0 Å². The molecule has 6 heteroatoms. The number of hydrogen-bond acceptors (Lipinski definition) is 4. The number of anilines is 1. The molecule has 2 aromatic carbocycles. The second-order valence-electron chi connectivity index (χ2n) is 4.33. The van der Waals surface area contributed by atoms with Crippen LogP contribution in [-0.4, -0.2) is 4.92 Å². The molecule has 0 fully saturated rings. The molecule has 0 radical (unpaired) electrons. The van der Waals surface area contributed by atoms with Crippen molar-refractivity contribution in [3.05, 3.63) is 62.7 Å². The van der Waals surface area contributed by atoms with Gasteiger partial charge in [-0.1, -0.05) is 29.8 Å². The van der Waals surface area contributed by atoms with Crippen LogP contribution in [0.5, 0.6) is 5.75 Å². The number of nitrogens with zero attached hydrogens (tertiary/aromatic N) is 1. The van der Waals surface area contributed by atoms with Crippen molar-refractivity contribution in [3.8, 4) is 5.75 Å². The van der Waals surface area contributed by atoms with Crippen molar-refractivity contribution in [1.29, 1.82) is 0 Å². The zero-order valence-electron chi connectivity index (χ0n) is 10.8. The largest absolute Gasteiger partial charge is 0.487 e. The minimum atomic E-state index is -0.516. The summed E-state index contributed by atoms with van der Waals surface area (Å²) in [6.45, 7) is 2.05. The van der Waals surface area contributed by atoms with Gasteiger partial charge in [-0.15, -0.1) is 0 Å². The summed E-state index contributed by atoms with van der Waals surface area (Å²) in [5.74, 6) is 0.517. The van der Waals surface area contributed by atoms with Crippen molar-refractivity contribution in [2.24, 2.45) is 0 Å². The molecule has 0 unspecified atom stereocenters. The number of benzene rings is 2. The molecule has 0 aliphatic rings. The fourth-order valence-electron chi connectivity index (χ4n) is 1.76. The maximum absolute atomic E-state index is 10.8. The van der Waals surface area contributed by atoms with E-state index >= 15 is 0 Å². The third-order valence-electron chi connectivity index (χ3n) is 2.84. The molecule has 0 heterocycles. The van der Waals surface area contributed by atoms with Crippen molar-refractivity contribution >= 4 is 23.0 Å². The van der Waals surface area contributed by atoms with Crippen LogP contribution >= 0.6 is 11.6 Å². The SMILES string of the molecule is Cc1ccc(OCc2cccc([N+](=O)[O-])c2N)c(Cl)c1. The summed E-state index contributed by atoms with van der Waals surface area (Å²) in [7, 11) is 0. The topological polar surface area (TPSA) is 78.4 Å². The van der Waals surface area contributed by atoms with Crippen LogP contribution in [0.1, 0.15) is 11.1 Å². The summed E-state index contributed by atoms with van der Waals surface area (Å²) in [6, 6.07) is 10.0. The molecule has 0 aliphatic heterocycles. The predicted molar refractivity (Wildman–Crippen MR) is 78.0 cm³/mol. The number of ether oxygens (including phenoxy) is 1. The zero-order chi connectivity index (χ0) is 14.7. The van der Waals surface area contributed by atoms with Gasteiger partial charge >= 0.3 is 0 Å². The predicted octanol–water partition coefficient (Wildman–Crippen LogP) is 3.72. The number of para-hydroxylation sites is 1. The molecule has 0 saturated heterocycles. The number of halogens is 1. The van der Waals surface area contributed by atoms with Gasteiger partial charge in [-0.2, -0.15) is 0 Å². The summed E-state index contributed by atoms with van der Waals surface area (Å²) in [4.78, 5) is 10.3. The first-order valence-electron chi connectivity index (χ1n) is 5.89. The Morgan fingerprint density at radius 1 is 1.35 bits per heavy atom. The van der Waals surface area contributed by atoms with Crippen molar-refractivity contribution < 1.29 is 9.66 Å². The van der Waals surface area contributed by atoms with E-state index in [0.29, 0.717) is 16.3 Å². The summed E-state index contributed by atoms with van der Waals surface area (Å²) < 4.78 is 5.56. The number of nitrogen functional groups attached to an aromatic ring is 1. The van der Waals surface area contributed by atoms with Gasteiger partial charge in [-0.25, -0.2) is 0 Å². The van der Waals surface area contributed by atoms with Crippen molar-refractivity contribution in [1.82, 2.24) is 0 Å². The average Bonchev–Trinajstić information content (AvgIpc) is 2.39. The molecular formula is C14H13ClN2O3. The minimum Gasteiger partial charge on any atom is -0.487 e. The Hall–Kier alpha value is -2.27. The smallest absolute Gasteiger partial charge is 0.292 e. The second kappa shape index (κ2) is 5.79. The highest BCUT2D eigenvalue weighted by Crippen LogP contribution is 2.29. The van der Waals surface area contributed by atoms with E-state index in [9.17, 15) is 10.1 Å². The summed E-state index contributed by atoms with van der Waals surface area (Å²) in [6.07, 6.45) is 0. The normalized spacial score (nSPS) is 10.3. The van der Waals surface area contributed by atoms with Crippen LogP contribution in [0, 0.1) is 17.0 Å². The van der Waals surface area contributed by atoms with Crippen LogP contribution in [-0.2, 0) is 6.61 Å². The standard InChI is InChI=1S/C14H13ClN2O3/c1-9-5-6-13(11(15)7-9)20-8-10-3-2-4-12(14(10)16)17(18)19/h2-7H,8,16H2,1H3. The van der Waals surface area contributed by atoms with E-state index in [-0.39, 0.29) is 18.0 Å². The Balaban J connectivity index is 2.19. The first-order chi connectivity index (χ1) is 9.49. The van der Waals surface area contributed by atoms with Crippen LogP contribution in [0.3, 0.4) is 0 Å². The van der Waals surface area contributed by atoms with Crippen LogP contribution in [0.15, 0.2) is 36.4 Å². The highest BCUT2D eigenvalue weighted by atomic mass is 35.5. The Morgan fingerprint density at radius 3 is 2.75 bits per heavy atom. The summed E-state index contributed by atoms with van der Waals surface area (Å²) in [5, 5.41) is 11.3. The van der Waals surface area contributed by atoms with Gasteiger partial charge in [0.2, 0.25) is 0 Å². The highest BCUT2D eigenvalue weighted by molar-refractivity contribution is 6.32. The van der Waals surface area contributed by atoms with Gasteiger partial charge in [0.05, 0.1) is 9.95 Å². The van der Waals surface area contributed by atoms with Crippen molar-refractivity contribution in [2.45, 2.75) is 13.5 Å². The van der Waals surface area contributed by atoms with Crippen LogP contribution in [0.4, 0.5) is 11.4 Å². The number of aryl methyl sites for hydroxylation is 1. The van der Waals surface area contributed by atoms with Crippen molar-refractivity contribution in [3.63, 3.8) is 0 Å². The molecular weight excluding hydrogens is 280 g/mol. The van der Waals surface area contributed by atoms with Gasteiger partial charge in [0, 0.05) is 11.6 Å². The lowest BCUT2D eigenvalue weighted by atomic mass is 10.1. The number of nitro benzene ring substituents is 1. The Labute approximate surface area is 121 Å². The maximum atomic E-state index is 10.8. The Bertz CT molecular complexity index is 659. The maximum Gasteiger partial charge on any atom is 0.292 e. The molecule has 2 N–H and O–H groups in total. The first kappa shape index (κ1) is 14.1. The number of nitro groups is 1. The van der Waals surface area contributed by atoms with Crippen LogP contribution < -0.4 is 10.5 Å². The average molecular weight is 293 g/mol.